The molecule has 10 rings (SSSR count). The van der Waals surface area contributed by atoms with Gasteiger partial charge in [0.1, 0.15) is 23.1 Å². The fourth-order valence-corrected chi connectivity index (χ4v) is 5.67. The van der Waals surface area contributed by atoms with Gasteiger partial charge in [0.05, 0.1) is 45.3 Å². The summed E-state index contributed by atoms with van der Waals surface area (Å²) in [7, 11) is 0. The first-order valence-electron chi connectivity index (χ1n) is 27.3. The van der Waals surface area contributed by atoms with Crippen molar-refractivity contribution in [2.75, 3.05) is 0 Å². The zero-order chi connectivity index (χ0) is 54.8. The highest BCUT2D eigenvalue weighted by Gasteiger charge is 2.18. The molecule has 0 aliphatic carbocycles. The lowest BCUT2D eigenvalue weighted by Gasteiger charge is -2.10. The molecular formula is C46H29N3O. The molecule has 7 aromatic carbocycles. The number of rotatable bonds is 5. The fraction of sp³-hybridized carbons (Fsp3) is 0. The molecule has 0 spiro atoms. The minimum Gasteiger partial charge on any atom is -0.452 e. The van der Waals surface area contributed by atoms with Gasteiger partial charge in [-0.05, 0) is 75.7 Å². The number of nitrogens with zero attached hydrogens (tertiary/aromatic N) is 3. The van der Waals surface area contributed by atoms with Crippen molar-refractivity contribution in [2.45, 2.75) is 0 Å². The van der Waals surface area contributed by atoms with Gasteiger partial charge in [0.25, 0.3) is 0 Å². The van der Waals surface area contributed by atoms with Crippen LogP contribution in [0.3, 0.4) is 0 Å². The molecule has 0 saturated carbocycles. The maximum Gasteiger partial charge on any atom is 0.180 e. The Kier molecular flexibility index (Phi) is 2.95. The molecule has 3 aromatic heterocycles. The van der Waals surface area contributed by atoms with Crippen molar-refractivity contribution in [1.82, 2.24) is 14.5 Å². The molecular weight excluding hydrogens is 611 g/mol. The number of fused-ring (bicyclic) bond motifs is 6. The molecule has 4 nitrogen and oxygen atoms in total. The molecule has 10 aromatic rings. The summed E-state index contributed by atoms with van der Waals surface area (Å²) in [6.07, 6.45) is 1.01. The molecule has 3 heterocycles. The van der Waals surface area contributed by atoms with Gasteiger partial charge in [-0.2, -0.15) is 0 Å². The Morgan fingerprint density at radius 2 is 1.08 bits per heavy atom. The van der Waals surface area contributed by atoms with Crippen LogP contribution >= 0.6 is 0 Å². The van der Waals surface area contributed by atoms with Crippen molar-refractivity contribution in [3.8, 4) is 50.3 Å². The second kappa shape index (κ2) is 11.4. The molecule has 0 bridgehead atoms. The average molecular weight is 665 g/mol. The third-order valence-electron chi connectivity index (χ3n) is 7.89. The van der Waals surface area contributed by atoms with Gasteiger partial charge < -0.3 is 8.98 Å². The normalized spacial score (nSPS) is 18.6. The highest BCUT2D eigenvalue weighted by atomic mass is 16.3. The second-order valence-electron chi connectivity index (χ2n) is 10.7. The van der Waals surface area contributed by atoms with Gasteiger partial charge in [-0.15, -0.1) is 0 Å². The van der Waals surface area contributed by atoms with Crippen molar-refractivity contribution >= 4 is 43.9 Å². The van der Waals surface area contributed by atoms with Crippen LogP contribution in [-0.4, -0.2) is 14.5 Å². The Bertz CT molecular complexity index is 4180. The van der Waals surface area contributed by atoms with E-state index in [-0.39, 0.29) is 49.7 Å². The van der Waals surface area contributed by atoms with Crippen LogP contribution in [0, 0.1) is 0 Å². The van der Waals surface area contributed by atoms with E-state index in [0.29, 0.717) is 0 Å². The highest BCUT2D eigenvalue weighted by Crippen LogP contribution is 2.38. The standard InChI is InChI=1S/C46H29N3O/c1-2-10-30(11-3-1)31-20-22-32(23-21-31)33-12-8-13-34(26-33)35-24-25-43-40(28-35)45-46(50-43)44(47-29-48-45)36-14-9-15-37(27-36)49-41-18-6-4-16-38(41)39-17-5-7-19-42(39)49/h1-29H/i1D,2D,3D,4D,5D,6D,7D,8D,9D,10D,11D,12D,13D,14D,15D,16D,17D,18D,19D,20D,21D,22D,23D,26D,27D. The summed E-state index contributed by atoms with van der Waals surface area (Å²) < 4.78 is 226. The Hall–Kier alpha value is -6.78. The summed E-state index contributed by atoms with van der Waals surface area (Å²) in [5.74, 6) is 0. The summed E-state index contributed by atoms with van der Waals surface area (Å²) in [5.41, 5.74) is -5.30. The zero-order valence-electron chi connectivity index (χ0n) is 50.1. The molecule has 0 saturated heterocycles. The lowest BCUT2D eigenvalue weighted by molar-refractivity contribution is 0.667. The third-order valence-corrected chi connectivity index (χ3v) is 7.89. The van der Waals surface area contributed by atoms with Gasteiger partial charge in [-0.1, -0.05) is 127 Å². The summed E-state index contributed by atoms with van der Waals surface area (Å²) in [4.78, 5) is 8.69. The van der Waals surface area contributed by atoms with Crippen LogP contribution in [0.5, 0.6) is 0 Å². The van der Waals surface area contributed by atoms with Crippen molar-refractivity contribution in [3.05, 3.63) is 176 Å². The average Bonchev–Trinajstić information content (AvgIpc) is 3.95. The summed E-state index contributed by atoms with van der Waals surface area (Å²) >= 11 is 0. The van der Waals surface area contributed by atoms with E-state index >= 15 is 0 Å². The second-order valence-corrected chi connectivity index (χ2v) is 10.7. The number of aromatic nitrogens is 3. The van der Waals surface area contributed by atoms with E-state index in [2.05, 4.69) is 9.97 Å². The lowest BCUT2D eigenvalue weighted by Crippen LogP contribution is -1.95. The molecule has 50 heavy (non-hydrogen) atoms. The van der Waals surface area contributed by atoms with Gasteiger partial charge in [0, 0.05) is 27.4 Å². The minimum absolute atomic E-state index is 0.0123. The molecule has 0 N–H and O–H groups in total. The highest BCUT2D eigenvalue weighted by molar-refractivity contribution is 6.10. The van der Waals surface area contributed by atoms with E-state index in [1.54, 1.807) is 0 Å². The minimum atomic E-state index is -0.879. The van der Waals surface area contributed by atoms with Gasteiger partial charge in [0.15, 0.2) is 5.58 Å². The fourth-order valence-electron chi connectivity index (χ4n) is 5.67. The Labute approximate surface area is 323 Å². The van der Waals surface area contributed by atoms with E-state index in [1.165, 1.54) is 18.2 Å². The molecule has 0 amide bonds. The van der Waals surface area contributed by atoms with Crippen LogP contribution in [-0.2, 0) is 0 Å². The molecule has 0 fully saturated rings. The smallest absolute Gasteiger partial charge is 0.180 e. The van der Waals surface area contributed by atoms with Crippen molar-refractivity contribution < 1.29 is 38.7 Å². The summed E-state index contributed by atoms with van der Waals surface area (Å²) in [5, 5.41) is -0.580. The number of furan rings is 1. The Morgan fingerprint density at radius 3 is 1.84 bits per heavy atom. The first-order valence-corrected chi connectivity index (χ1v) is 14.8. The predicted octanol–water partition coefficient (Wildman–Crippen LogP) is 12.1. The molecule has 0 radical (unpaired) electrons. The molecule has 4 heteroatoms. The topological polar surface area (TPSA) is 43.9 Å². The first kappa shape index (κ1) is 12.9. The van der Waals surface area contributed by atoms with Crippen molar-refractivity contribution in [2.24, 2.45) is 0 Å². The molecule has 234 valence electrons. The maximum absolute atomic E-state index is 9.62. The maximum atomic E-state index is 9.62. The number of hydrogen-bond acceptors (Lipinski definition) is 3. The number of hydrogen-bond donors (Lipinski definition) is 0. The van der Waals surface area contributed by atoms with Crippen molar-refractivity contribution in [3.63, 3.8) is 0 Å². The van der Waals surface area contributed by atoms with Gasteiger partial charge >= 0.3 is 0 Å². The van der Waals surface area contributed by atoms with Crippen LogP contribution < -0.4 is 0 Å². The molecule has 0 unspecified atom stereocenters. The number of benzene rings is 7. The van der Waals surface area contributed by atoms with Crippen LogP contribution in [0.1, 0.15) is 34.3 Å². The monoisotopic (exact) mass is 664 g/mol. The van der Waals surface area contributed by atoms with Gasteiger partial charge in [-0.25, -0.2) is 9.97 Å². The largest absolute Gasteiger partial charge is 0.452 e. The Morgan fingerprint density at radius 1 is 0.480 bits per heavy atom. The third kappa shape index (κ3) is 4.61. The van der Waals surface area contributed by atoms with Crippen LogP contribution in [0.4, 0.5) is 0 Å². The van der Waals surface area contributed by atoms with Gasteiger partial charge in [0.2, 0.25) is 0 Å². The van der Waals surface area contributed by atoms with Crippen LogP contribution in [0.15, 0.2) is 180 Å². The SMILES string of the molecule is [2H]c1c([2H])c([2H])c(-c2c([2H])c([2H])c(-c3c([2H])c([2H])c([2H])c(-c4ccc5oc6c(-c7c([2H])c([2H])c([2H])c(-n8c9c([2H])c([2H])c([2H])c([2H])c9c9c([2H])c([2H])c([2H])c([2H])c98)c7[2H])ncnc6c5c4)c3[2H])c([2H])c2[2H])c([2H])c1[2H]. The zero-order valence-corrected chi connectivity index (χ0v) is 25.1. The van der Waals surface area contributed by atoms with Crippen molar-refractivity contribution in [1.29, 1.82) is 0 Å². The van der Waals surface area contributed by atoms with E-state index in [0.717, 1.165) is 10.9 Å². The Balaban J connectivity index is 1.20. The molecule has 0 aliphatic heterocycles. The van der Waals surface area contributed by atoms with E-state index in [1.807, 2.05) is 0 Å². The summed E-state index contributed by atoms with van der Waals surface area (Å²) in [6.45, 7) is 0. The van der Waals surface area contributed by atoms with E-state index in [9.17, 15) is 2.74 Å². The summed E-state index contributed by atoms with van der Waals surface area (Å²) in [6, 6.07) is -15.3. The molecule has 0 atom stereocenters. The van der Waals surface area contributed by atoms with E-state index < -0.39 is 196 Å². The first-order chi connectivity index (χ1) is 35.2. The number of para-hydroxylation sites is 2. The van der Waals surface area contributed by atoms with Gasteiger partial charge in [-0.3, -0.25) is 0 Å². The van der Waals surface area contributed by atoms with Crippen LogP contribution in [0.25, 0.3) is 94.2 Å². The molecule has 0 aliphatic rings. The lowest BCUT2D eigenvalue weighted by atomic mass is 9.96. The predicted molar refractivity (Wildman–Crippen MR) is 205 cm³/mol. The van der Waals surface area contributed by atoms with Crippen LogP contribution in [0.2, 0.25) is 0 Å². The van der Waals surface area contributed by atoms with E-state index in [4.69, 9.17) is 35.9 Å². The quantitative estimate of drug-likeness (QED) is 0.184.